The van der Waals surface area contributed by atoms with Gasteiger partial charge >= 0.3 is 10.2 Å². The number of rotatable bonds is 4. The van der Waals surface area contributed by atoms with Crippen LogP contribution in [0.3, 0.4) is 0 Å². The van der Waals surface area contributed by atoms with E-state index in [9.17, 15) is 13.2 Å². The first kappa shape index (κ1) is 14.8. The van der Waals surface area contributed by atoms with Crippen molar-refractivity contribution >= 4 is 27.7 Å². The summed E-state index contributed by atoms with van der Waals surface area (Å²) < 4.78 is 27.9. The molecule has 0 aromatic heterocycles. The molecule has 2 rings (SSSR count). The van der Waals surface area contributed by atoms with Crippen LogP contribution in [0.1, 0.15) is 16.8 Å². The van der Waals surface area contributed by atoms with Crippen LogP contribution in [0.25, 0.3) is 0 Å². The Morgan fingerprint density at radius 1 is 1.20 bits per heavy atom. The van der Waals surface area contributed by atoms with Crippen LogP contribution in [0.5, 0.6) is 0 Å². The van der Waals surface area contributed by atoms with E-state index in [0.29, 0.717) is 0 Å². The Morgan fingerprint density at radius 2 is 1.85 bits per heavy atom. The second-order valence-corrected chi connectivity index (χ2v) is 6.00. The molecule has 2 N–H and O–H groups in total. The van der Waals surface area contributed by atoms with Gasteiger partial charge < -0.3 is 0 Å². The number of allylic oxidation sites excluding steroid dienone is 2. The molecular formula is C13H13ClN2O3S. The Balaban J connectivity index is 2.06. The molecule has 0 fully saturated rings. The lowest BCUT2D eigenvalue weighted by atomic mass is 10.1. The molecule has 0 atom stereocenters. The van der Waals surface area contributed by atoms with E-state index in [0.717, 1.165) is 6.42 Å². The van der Waals surface area contributed by atoms with Gasteiger partial charge in [0.15, 0.2) is 0 Å². The molecule has 1 aromatic carbocycles. The summed E-state index contributed by atoms with van der Waals surface area (Å²) in [4.78, 5) is 11.9. The van der Waals surface area contributed by atoms with Crippen molar-refractivity contribution in [2.75, 3.05) is 0 Å². The summed E-state index contributed by atoms with van der Waals surface area (Å²) in [7, 11) is -3.96. The summed E-state index contributed by atoms with van der Waals surface area (Å²) >= 11 is 5.84. The monoisotopic (exact) mass is 312 g/mol. The van der Waals surface area contributed by atoms with E-state index in [2.05, 4.69) is 4.72 Å². The van der Waals surface area contributed by atoms with Crippen molar-refractivity contribution in [3.63, 3.8) is 0 Å². The molecule has 0 heterocycles. The highest BCUT2D eigenvalue weighted by molar-refractivity contribution is 7.88. The fraction of sp³-hybridized carbons (Fsp3) is 0.154. The number of nitrogens with one attached hydrogen (secondary N) is 2. The second-order valence-electron chi connectivity index (χ2n) is 4.15. The SMILES string of the molecule is O=C(NS(=O)(=O)NC1C=CCC=C1)c1ccccc1Cl. The van der Waals surface area contributed by atoms with Crippen molar-refractivity contribution in [1.29, 1.82) is 0 Å². The molecular weight excluding hydrogens is 300 g/mol. The van der Waals surface area contributed by atoms with Crippen LogP contribution in [-0.4, -0.2) is 20.4 Å². The summed E-state index contributed by atoms with van der Waals surface area (Å²) in [5.41, 5.74) is 0.106. The van der Waals surface area contributed by atoms with Crippen molar-refractivity contribution in [2.45, 2.75) is 12.5 Å². The van der Waals surface area contributed by atoms with Crippen LogP contribution in [0.15, 0.2) is 48.6 Å². The number of benzene rings is 1. The number of halogens is 1. The highest BCUT2D eigenvalue weighted by Gasteiger charge is 2.19. The molecule has 0 bridgehead atoms. The van der Waals surface area contributed by atoms with E-state index in [1.165, 1.54) is 12.1 Å². The maximum Gasteiger partial charge on any atom is 0.302 e. The van der Waals surface area contributed by atoms with E-state index in [1.54, 1.807) is 24.3 Å². The number of amides is 1. The topological polar surface area (TPSA) is 75.3 Å². The lowest BCUT2D eigenvalue weighted by Crippen LogP contribution is -2.44. The normalized spacial score (nSPS) is 15.2. The maximum absolute atomic E-state index is 11.9. The number of hydrogen-bond acceptors (Lipinski definition) is 3. The van der Waals surface area contributed by atoms with Gasteiger partial charge in [-0.3, -0.25) is 4.79 Å². The van der Waals surface area contributed by atoms with Gasteiger partial charge in [0.1, 0.15) is 0 Å². The third kappa shape index (κ3) is 3.93. The van der Waals surface area contributed by atoms with Gasteiger partial charge in [0, 0.05) is 0 Å². The Kier molecular flexibility index (Phi) is 4.59. The van der Waals surface area contributed by atoms with Crippen LogP contribution < -0.4 is 9.44 Å². The van der Waals surface area contributed by atoms with E-state index < -0.39 is 22.2 Å². The Hall–Kier alpha value is -1.63. The Bertz CT molecular complexity index is 656. The van der Waals surface area contributed by atoms with E-state index in [4.69, 9.17) is 11.6 Å². The smallest absolute Gasteiger partial charge is 0.268 e. The molecule has 0 saturated carbocycles. The lowest BCUT2D eigenvalue weighted by Gasteiger charge is -2.14. The average Bonchev–Trinajstić information content (AvgIpc) is 2.39. The molecule has 106 valence electrons. The van der Waals surface area contributed by atoms with Crippen LogP contribution in [0, 0.1) is 0 Å². The average molecular weight is 313 g/mol. The van der Waals surface area contributed by atoms with Crippen molar-refractivity contribution < 1.29 is 13.2 Å². The highest BCUT2D eigenvalue weighted by Crippen LogP contribution is 2.14. The van der Waals surface area contributed by atoms with Gasteiger partial charge in [-0.25, -0.2) is 4.72 Å². The van der Waals surface area contributed by atoms with Gasteiger partial charge in [-0.2, -0.15) is 13.1 Å². The van der Waals surface area contributed by atoms with Crippen molar-refractivity contribution in [3.05, 3.63) is 59.2 Å². The molecule has 1 amide bonds. The zero-order valence-electron chi connectivity index (χ0n) is 10.4. The van der Waals surface area contributed by atoms with Gasteiger partial charge in [-0.15, -0.1) is 0 Å². The highest BCUT2D eigenvalue weighted by atomic mass is 35.5. The first-order valence-electron chi connectivity index (χ1n) is 5.90. The molecule has 20 heavy (non-hydrogen) atoms. The van der Waals surface area contributed by atoms with Gasteiger partial charge in [-0.05, 0) is 18.6 Å². The van der Waals surface area contributed by atoms with Crippen LogP contribution in [0.4, 0.5) is 0 Å². The predicted molar refractivity (Wildman–Crippen MR) is 77.7 cm³/mol. The zero-order chi connectivity index (χ0) is 14.6. The molecule has 0 spiro atoms. The fourth-order valence-corrected chi connectivity index (χ4v) is 2.85. The quantitative estimate of drug-likeness (QED) is 0.832. The van der Waals surface area contributed by atoms with Crippen molar-refractivity contribution in [2.24, 2.45) is 0 Å². The number of carbonyl (C=O) groups is 1. The Morgan fingerprint density at radius 3 is 2.50 bits per heavy atom. The summed E-state index contributed by atoms with van der Waals surface area (Å²) in [5, 5.41) is 0.192. The maximum atomic E-state index is 11.9. The minimum absolute atomic E-state index is 0.106. The standard InChI is InChI=1S/C13H13ClN2O3S/c14-12-9-5-4-8-11(12)13(17)16-20(18,19)15-10-6-2-1-3-7-10/h2-10,15H,1H2,(H,16,17). The molecule has 5 nitrogen and oxygen atoms in total. The predicted octanol–water partition coefficient (Wildman–Crippen LogP) is 1.79. The summed E-state index contributed by atoms with van der Waals surface area (Å²) in [6.07, 6.45) is 7.86. The summed E-state index contributed by atoms with van der Waals surface area (Å²) in [6.45, 7) is 0. The van der Waals surface area contributed by atoms with Crippen molar-refractivity contribution in [1.82, 2.24) is 9.44 Å². The van der Waals surface area contributed by atoms with E-state index >= 15 is 0 Å². The molecule has 0 aliphatic heterocycles. The largest absolute Gasteiger partial charge is 0.302 e. The summed E-state index contributed by atoms with van der Waals surface area (Å²) in [5.74, 6) is -0.771. The van der Waals surface area contributed by atoms with Crippen LogP contribution >= 0.6 is 11.6 Å². The van der Waals surface area contributed by atoms with Crippen LogP contribution in [0.2, 0.25) is 5.02 Å². The number of hydrogen-bond donors (Lipinski definition) is 2. The first-order chi connectivity index (χ1) is 9.48. The van der Waals surface area contributed by atoms with Crippen molar-refractivity contribution in [3.8, 4) is 0 Å². The molecule has 0 unspecified atom stereocenters. The first-order valence-corrected chi connectivity index (χ1v) is 7.76. The zero-order valence-corrected chi connectivity index (χ0v) is 12.0. The lowest BCUT2D eigenvalue weighted by molar-refractivity contribution is 0.0981. The summed E-state index contributed by atoms with van der Waals surface area (Å²) in [6, 6.07) is 5.77. The van der Waals surface area contributed by atoms with Crippen LogP contribution in [-0.2, 0) is 10.2 Å². The van der Waals surface area contributed by atoms with Gasteiger partial charge in [-0.1, -0.05) is 48.0 Å². The Labute approximate surface area is 122 Å². The molecule has 1 aromatic rings. The van der Waals surface area contributed by atoms with Gasteiger partial charge in [0.25, 0.3) is 5.91 Å². The molecule has 0 radical (unpaired) electrons. The van der Waals surface area contributed by atoms with Gasteiger partial charge in [0.05, 0.1) is 16.6 Å². The molecule has 7 heteroatoms. The third-order valence-corrected chi connectivity index (χ3v) is 3.96. The fourth-order valence-electron chi connectivity index (χ4n) is 1.70. The molecule has 0 saturated heterocycles. The third-order valence-electron chi connectivity index (χ3n) is 2.60. The van der Waals surface area contributed by atoms with E-state index in [1.807, 2.05) is 16.9 Å². The van der Waals surface area contributed by atoms with Gasteiger partial charge in [0.2, 0.25) is 0 Å². The minimum atomic E-state index is -3.96. The van der Waals surface area contributed by atoms with E-state index in [-0.39, 0.29) is 10.6 Å². The minimum Gasteiger partial charge on any atom is -0.268 e. The molecule has 1 aliphatic carbocycles. The second kappa shape index (κ2) is 6.21. The molecule has 1 aliphatic rings. The number of carbonyl (C=O) groups excluding carboxylic acids is 1.